The van der Waals surface area contributed by atoms with Crippen LogP contribution < -0.4 is 5.43 Å². The zero-order chi connectivity index (χ0) is 16.7. The minimum atomic E-state index is -0.561. The lowest BCUT2D eigenvalue weighted by Gasteiger charge is -2.11. The molecular formula is C17H11FN4O2. The van der Waals surface area contributed by atoms with Gasteiger partial charge in [0, 0.05) is 41.8 Å². The molecule has 4 aromatic heterocycles. The Kier molecular flexibility index (Phi) is 3.13. The maximum atomic E-state index is 15.0. The zero-order valence-corrected chi connectivity index (χ0v) is 12.3. The Balaban J connectivity index is 1.94. The van der Waals surface area contributed by atoms with Gasteiger partial charge in [-0.25, -0.2) is 14.4 Å². The third-order valence-corrected chi connectivity index (χ3v) is 3.77. The first-order chi connectivity index (χ1) is 11.6. The number of H-pyrrole nitrogens is 1. The number of hydrogen-bond acceptors (Lipinski definition) is 4. The molecule has 4 heterocycles. The van der Waals surface area contributed by atoms with Crippen molar-refractivity contribution in [3.63, 3.8) is 0 Å². The van der Waals surface area contributed by atoms with E-state index in [4.69, 9.17) is 0 Å². The van der Waals surface area contributed by atoms with Crippen molar-refractivity contribution in [1.82, 2.24) is 19.5 Å². The van der Waals surface area contributed by atoms with Crippen molar-refractivity contribution < 1.29 is 9.50 Å². The molecule has 118 valence electrons. The molecule has 0 fully saturated rings. The number of nitrogens with one attached hydrogen (secondary N) is 1. The summed E-state index contributed by atoms with van der Waals surface area (Å²) < 4.78 is 16.3. The van der Waals surface area contributed by atoms with E-state index in [2.05, 4.69) is 15.0 Å². The lowest BCUT2D eigenvalue weighted by atomic mass is 10.0. The molecule has 0 aliphatic carbocycles. The van der Waals surface area contributed by atoms with E-state index in [-0.39, 0.29) is 5.82 Å². The third-order valence-electron chi connectivity index (χ3n) is 3.77. The van der Waals surface area contributed by atoms with Crippen LogP contribution in [0.4, 0.5) is 4.39 Å². The van der Waals surface area contributed by atoms with Gasteiger partial charge in [-0.05, 0) is 23.8 Å². The highest BCUT2D eigenvalue weighted by atomic mass is 19.1. The van der Waals surface area contributed by atoms with E-state index in [0.717, 1.165) is 17.6 Å². The molecule has 6 nitrogen and oxygen atoms in total. The number of rotatable bonds is 2. The first-order valence-corrected chi connectivity index (χ1v) is 7.14. The lowest BCUT2D eigenvalue weighted by Crippen LogP contribution is -2.07. The Morgan fingerprint density at radius 2 is 1.88 bits per heavy atom. The summed E-state index contributed by atoms with van der Waals surface area (Å²) in [5.74, 6) is -1.04. The minimum absolute atomic E-state index is 0.0108. The highest BCUT2D eigenvalue weighted by molar-refractivity contribution is 5.93. The summed E-state index contributed by atoms with van der Waals surface area (Å²) in [6.45, 7) is 0. The first kappa shape index (κ1) is 14.1. The van der Waals surface area contributed by atoms with E-state index in [1.54, 1.807) is 24.5 Å². The summed E-state index contributed by atoms with van der Waals surface area (Å²) in [6.07, 6.45) is 7.30. The van der Waals surface area contributed by atoms with Gasteiger partial charge in [0.2, 0.25) is 5.43 Å². The molecule has 4 aromatic rings. The standard InChI is InChI=1S/C17H11FN4O2/c18-15-11(10-1-5-19-16-12(10)3-6-20-16)2-7-21-17(15)22-8-4-13(23)14(24)9-22/h1-9,24H,(H,19,20). The maximum absolute atomic E-state index is 15.0. The fourth-order valence-corrected chi connectivity index (χ4v) is 2.62. The monoisotopic (exact) mass is 322 g/mol. The Morgan fingerprint density at radius 1 is 1.08 bits per heavy atom. The molecular weight excluding hydrogens is 311 g/mol. The molecule has 0 aliphatic heterocycles. The van der Waals surface area contributed by atoms with Gasteiger partial charge < -0.3 is 14.7 Å². The summed E-state index contributed by atoms with van der Waals surface area (Å²) in [4.78, 5) is 22.5. The molecule has 7 heteroatoms. The lowest BCUT2D eigenvalue weighted by molar-refractivity contribution is 0.464. The zero-order valence-electron chi connectivity index (χ0n) is 12.3. The average Bonchev–Trinajstić information content (AvgIpc) is 3.06. The van der Waals surface area contributed by atoms with Crippen LogP contribution in [-0.2, 0) is 0 Å². The smallest absolute Gasteiger partial charge is 0.223 e. The van der Waals surface area contributed by atoms with Crippen LogP contribution in [0.5, 0.6) is 5.75 Å². The molecule has 0 atom stereocenters. The molecule has 4 rings (SSSR count). The molecule has 0 amide bonds. The van der Waals surface area contributed by atoms with E-state index < -0.39 is 17.0 Å². The molecule has 0 spiro atoms. The molecule has 0 radical (unpaired) electrons. The van der Waals surface area contributed by atoms with E-state index >= 15 is 4.39 Å². The summed E-state index contributed by atoms with van der Waals surface area (Å²) in [7, 11) is 0. The first-order valence-electron chi connectivity index (χ1n) is 7.14. The highest BCUT2D eigenvalue weighted by Gasteiger charge is 2.15. The van der Waals surface area contributed by atoms with Crippen molar-refractivity contribution in [1.29, 1.82) is 0 Å². The fourth-order valence-electron chi connectivity index (χ4n) is 2.62. The van der Waals surface area contributed by atoms with Crippen LogP contribution in [0.25, 0.3) is 28.0 Å². The number of pyridine rings is 3. The topological polar surface area (TPSA) is 83.8 Å². The van der Waals surface area contributed by atoms with Crippen LogP contribution >= 0.6 is 0 Å². The van der Waals surface area contributed by atoms with E-state index in [1.807, 2.05) is 6.07 Å². The van der Waals surface area contributed by atoms with Crippen molar-refractivity contribution in [3.8, 4) is 22.7 Å². The Hall–Kier alpha value is -3.48. The number of fused-ring (bicyclic) bond motifs is 1. The Labute approximate surface area is 134 Å². The van der Waals surface area contributed by atoms with Crippen molar-refractivity contribution in [2.45, 2.75) is 0 Å². The normalized spacial score (nSPS) is 11.0. The molecule has 0 unspecified atom stereocenters. The van der Waals surface area contributed by atoms with Crippen molar-refractivity contribution in [2.24, 2.45) is 0 Å². The van der Waals surface area contributed by atoms with Gasteiger partial charge in [0.25, 0.3) is 0 Å². The van der Waals surface area contributed by atoms with E-state index in [1.165, 1.54) is 17.0 Å². The minimum Gasteiger partial charge on any atom is -0.503 e. The summed E-state index contributed by atoms with van der Waals surface area (Å²) in [6, 6.07) is 6.27. The van der Waals surface area contributed by atoms with Gasteiger partial charge in [-0.3, -0.25) is 4.79 Å². The number of hydrogen-bond donors (Lipinski definition) is 2. The Morgan fingerprint density at radius 3 is 2.71 bits per heavy atom. The molecule has 2 N–H and O–H groups in total. The average molecular weight is 322 g/mol. The number of halogens is 1. The second-order valence-corrected chi connectivity index (χ2v) is 5.20. The van der Waals surface area contributed by atoms with Gasteiger partial charge >= 0.3 is 0 Å². The molecule has 0 aliphatic rings. The largest absolute Gasteiger partial charge is 0.503 e. The van der Waals surface area contributed by atoms with Gasteiger partial charge in [-0.2, -0.15) is 0 Å². The summed E-state index contributed by atoms with van der Waals surface area (Å²) in [5.41, 5.74) is 1.15. The van der Waals surface area contributed by atoms with Crippen molar-refractivity contribution in [3.05, 3.63) is 71.3 Å². The number of aromatic nitrogens is 4. The molecule has 24 heavy (non-hydrogen) atoms. The van der Waals surface area contributed by atoms with Crippen molar-refractivity contribution >= 4 is 11.0 Å². The second-order valence-electron chi connectivity index (χ2n) is 5.20. The predicted octanol–water partition coefficient (Wildman–Crippen LogP) is 2.62. The van der Waals surface area contributed by atoms with Gasteiger partial charge in [0.15, 0.2) is 17.4 Å². The third kappa shape index (κ3) is 2.14. The second kappa shape index (κ2) is 5.31. The summed E-state index contributed by atoms with van der Waals surface area (Å²) >= 11 is 0. The van der Waals surface area contributed by atoms with Crippen LogP contribution in [0.3, 0.4) is 0 Å². The highest BCUT2D eigenvalue weighted by Crippen LogP contribution is 2.30. The maximum Gasteiger partial charge on any atom is 0.223 e. The van der Waals surface area contributed by atoms with Crippen LogP contribution in [0.15, 0.2) is 60.0 Å². The molecule has 0 saturated carbocycles. The van der Waals surface area contributed by atoms with Crippen LogP contribution in [0, 0.1) is 5.82 Å². The Bertz CT molecular complexity index is 1120. The summed E-state index contributed by atoms with van der Waals surface area (Å²) in [5, 5.41) is 10.3. The SMILES string of the molecule is O=c1ccn(-c2nccc(-c3ccnc4[nH]ccc34)c2F)cc1O. The number of nitrogens with zero attached hydrogens (tertiary/aromatic N) is 3. The predicted molar refractivity (Wildman–Crippen MR) is 86.5 cm³/mol. The van der Waals surface area contributed by atoms with E-state index in [9.17, 15) is 9.90 Å². The quantitative estimate of drug-likeness (QED) is 0.594. The van der Waals surface area contributed by atoms with Gasteiger partial charge in [-0.15, -0.1) is 0 Å². The van der Waals surface area contributed by atoms with Crippen LogP contribution in [-0.4, -0.2) is 24.6 Å². The number of aromatic hydroxyl groups is 1. The van der Waals surface area contributed by atoms with E-state index in [0.29, 0.717) is 16.8 Å². The van der Waals surface area contributed by atoms with Crippen LogP contribution in [0.2, 0.25) is 0 Å². The molecule has 0 aromatic carbocycles. The fraction of sp³-hybridized carbons (Fsp3) is 0. The molecule has 0 bridgehead atoms. The molecule has 0 saturated heterocycles. The van der Waals surface area contributed by atoms with Crippen molar-refractivity contribution in [2.75, 3.05) is 0 Å². The van der Waals surface area contributed by atoms with Crippen LogP contribution in [0.1, 0.15) is 0 Å². The van der Waals surface area contributed by atoms with Gasteiger partial charge in [0.1, 0.15) is 5.65 Å². The van der Waals surface area contributed by atoms with Gasteiger partial charge in [0.05, 0.1) is 6.20 Å². The number of aromatic amines is 1. The van der Waals surface area contributed by atoms with Gasteiger partial charge in [-0.1, -0.05) is 0 Å².